The van der Waals surface area contributed by atoms with Gasteiger partial charge in [-0.1, -0.05) is 84.1 Å². The SMILES string of the molecule is O=C(Nc1nc2ccccc2s1)C(c1ccccc1)c1ccccc1. The molecular formula is C21H16N2OS. The highest BCUT2D eigenvalue weighted by atomic mass is 32.1. The Kier molecular flexibility index (Phi) is 4.27. The summed E-state index contributed by atoms with van der Waals surface area (Å²) in [6.45, 7) is 0. The average molecular weight is 344 g/mol. The van der Waals surface area contributed by atoms with Crippen LogP contribution in [-0.4, -0.2) is 10.9 Å². The lowest BCUT2D eigenvalue weighted by molar-refractivity contribution is -0.116. The van der Waals surface area contributed by atoms with Crippen LogP contribution in [0.3, 0.4) is 0 Å². The first kappa shape index (κ1) is 15.5. The van der Waals surface area contributed by atoms with Crippen molar-refractivity contribution in [1.29, 1.82) is 0 Å². The summed E-state index contributed by atoms with van der Waals surface area (Å²) < 4.78 is 1.06. The number of amides is 1. The lowest BCUT2D eigenvalue weighted by Crippen LogP contribution is -2.22. The molecule has 0 spiro atoms. The minimum atomic E-state index is -0.366. The number of anilines is 1. The molecule has 1 aromatic heterocycles. The number of para-hydroxylation sites is 1. The molecule has 0 aliphatic carbocycles. The Labute approximate surface area is 150 Å². The number of carbonyl (C=O) groups is 1. The van der Waals surface area contributed by atoms with E-state index >= 15 is 0 Å². The first-order chi connectivity index (χ1) is 12.3. The maximum absolute atomic E-state index is 13.0. The summed E-state index contributed by atoms with van der Waals surface area (Å²) in [6.07, 6.45) is 0. The number of fused-ring (bicyclic) bond motifs is 1. The van der Waals surface area contributed by atoms with E-state index in [-0.39, 0.29) is 11.8 Å². The molecule has 0 aliphatic heterocycles. The van der Waals surface area contributed by atoms with E-state index < -0.39 is 0 Å². The van der Waals surface area contributed by atoms with Gasteiger partial charge < -0.3 is 5.32 Å². The molecule has 0 saturated heterocycles. The number of hydrogen-bond donors (Lipinski definition) is 1. The number of thiazole rings is 1. The van der Waals surface area contributed by atoms with E-state index in [0.29, 0.717) is 5.13 Å². The average Bonchev–Trinajstić information content (AvgIpc) is 3.06. The van der Waals surface area contributed by atoms with Gasteiger partial charge in [0.25, 0.3) is 0 Å². The van der Waals surface area contributed by atoms with Crippen molar-refractivity contribution in [1.82, 2.24) is 4.98 Å². The summed E-state index contributed by atoms with van der Waals surface area (Å²) in [5.41, 5.74) is 2.83. The third-order valence-electron chi connectivity index (χ3n) is 4.05. The number of benzene rings is 3. The van der Waals surface area contributed by atoms with Gasteiger partial charge in [0.05, 0.1) is 16.1 Å². The van der Waals surface area contributed by atoms with Crippen LogP contribution in [-0.2, 0) is 4.79 Å². The molecule has 1 N–H and O–H groups in total. The van der Waals surface area contributed by atoms with Gasteiger partial charge in [-0.2, -0.15) is 0 Å². The molecule has 0 unspecified atom stereocenters. The second-order valence-electron chi connectivity index (χ2n) is 5.73. The topological polar surface area (TPSA) is 42.0 Å². The van der Waals surface area contributed by atoms with Crippen LogP contribution in [0.25, 0.3) is 10.2 Å². The van der Waals surface area contributed by atoms with E-state index in [0.717, 1.165) is 21.3 Å². The largest absolute Gasteiger partial charge is 0.301 e. The van der Waals surface area contributed by atoms with Crippen molar-refractivity contribution in [2.45, 2.75) is 5.92 Å². The van der Waals surface area contributed by atoms with Crippen LogP contribution >= 0.6 is 11.3 Å². The molecular weight excluding hydrogens is 328 g/mol. The van der Waals surface area contributed by atoms with E-state index in [2.05, 4.69) is 10.3 Å². The minimum absolute atomic E-state index is 0.0727. The molecule has 0 atom stereocenters. The second-order valence-corrected chi connectivity index (χ2v) is 6.76. The molecule has 25 heavy (non-hydrogen) atoms. The van der Waals surface area contributed by atoms with Crippen molar-refractivity contribution in [2.75, 3.05) is 5.32 Å². The van der Waals surface area contributed by atoms with Crippen LogP contribution in [0.5, 0.6) is 0 Å². The van der Waals surface area contributed by atoms with Crippen molar-refractivity contribution in [3.63, 3.8) is 0 Å². The first-order valence-corrected chi connectivity index (χ1v) is 8.89. The standard InChI is InChI=1S/C21H16N2OS/c24-20(23-21-22-17-13-7-8-14-18(17)25-21)19(15-9-3-1-4-10-15)16-11-5-2-6-12-16/h1-14,19H,(H,22,23,24). The molecule has 0 fully saturated rings. The number of carbonyl (C=O) groups excluding carboxylic acids is 1. The van der Waals surface area contributed by atoms with E-state index in [4.69, 9.17) is 0 Å². The summed E-state index contributed by atoms with van der Waals surface area (Å²) in [7, 11) is 0. The van der Waals surface area contributed by atoms with Gasteiger partial charge in [-0.25, -0.2) is 4.98 Å². The van der Waals surface area contributed by atoms with Crippen LogP contribution < -0.4 is 5.32 Å². The van der Waals surface area contributed by atoms with Crippen LogP contribution in [0.15, 0.2) is 84.9 Å². The van der Waals surface area contributed by atoms with Crippen molar-refractivity contribution in [3.8, 4) is 0 Å². The summed E-state index contributed by atoms with van der Waals surface area (Å²) in [5, 5.41) is 3.62. The molecule has 3 aromatic carbocycles. The zero-order chi connectivity index (χ0) is 17.1. The maximum atomic E-state index is 13.0. The summed E-state index contributed by atoms with van der Waals surface area (Å²) >= 11 is 1.49. The zero-order valence-electron chi connectivity index (χ0n) is 13.4. The number of nitrogens with zero attached hydrogens (tertiary/aromatic N) is 1. The zero-order valence-corrected chi connectivity index (χ0v) is 14.2. The normalized spacial score (nSPS) is 10.9. The predicted octanol–water partition coefficient (Wildman–Crippen LogP) is 5.07. The Morgan fingerprint density at radius 1 is 0.800 bits per heavy atom. The molecule has 4 aromatic rings. The summed E-state index contributed by atoms with van der Waals surface area (Å²) in [5.74, 6) is -0.439. The van der Waals surface area contributed by atoms with Crippen LogP contribution in [0, 0.1) is 0 Å². The van der Waals surface area contributed by atoms with Crippen molar-refractivity contribution in [2.24, 2.45) is 0 Å². The van der Waals surface area contributed by atoms with Gasteiger partial charge in [-0.15, -0.1) is 0 Å². The Morgan fingerprint density at radius 2 is 1.36 bits per heavy atom. The quantitative estimate of drug-likeness (QED) is 0.562. The predicted molar refractivity (Wildman–Crippen MR) is 103 cm³/mol. The summed E-state index contributed by atoms with van der Waals surface area (Å²) in [4.78, 5) is 17.6. The Morgan fingerprint density at radius 3 is 1.96 bits per heavy atom. The van der Waals surface area contributed by atoms with Gasteiger partial charge in [0.1, 0.15) is 0 Å². The fraction of sp³-hybridized carbons (Fsp3) is 0.0476. The highest BCUT2D eigenvalue weighted by Crippen LogP contribution is 2.29. The van der Waals surface area contributed by atoms with Crippen LogP contribution in [0.2, 0.25) is 0 Å². The van der Waals surface area contributed by atoms with Crippen molar-refractivity contribution < 1.29 is 4.79 Å². The van der Waals surface area contributed by atoms with Crippen LogP contribution in [0.4, 0.5) is 5.13 Å². The van der Waals surface area contributed by atoms with Gasteiger partial charge in [0, 0.05) is 0 Å². The molecule has 0 aliphatic rings. The van der Waals surface area contributed by atoms with E-state index in [9.17, 15) is 4.79 Å². The number of aromatic nitrogens is 1. The number of rotatable bonds is 4. The number of hydrogen-bond acceptors (Lipinski definition) is 3. The van der Waals surface area contributed by atoms with Crippen molar-refractivity contribution in [3.05, 3.63) is 96.1 Å². The monoisotopic (exact) mass is 344 g/mol. The molecule has 4 rings (SSSR count). The van der Waals surface area contributed by atoms with Gasteiger partial charge in [-0.05, 0) is 23.3 Å². The Balaban J connectivity index is 1.68. The van der Waals surface area contributed by atoms with E-state index in [1.807, 2.05) is 84.9 Å². The van der Waals surface area contributed by atoms with Crippen LogP contribution in [0.1, 0.15) is 17.0 Å². The highest BCUT2D eigenvalue weighted by Gasteiger charge is 2.23. The smallest absolute Gasteiger partial charge is 0.238 e. The maximum Gasteiger partial charge on any atom is 0.238 e. The lowest BCUT2D eigenvalue weighted by atomic mass is 9.90. The minimum Gasteiger partial charge on any atom is -0.301 e. The van der Waals surface area contributed by atoms with E-state index in [1.54, 1.807) is 0 Å². The second kappa shape index (κ2) is 6.87. The molecule has 0 radical (unpaired) electrons. The summed E-state index contributed by atoms with van der Waals surface area (Å²) in [6, 6.07) is 27.5. The molecule has 1 heterocycles. The third-order valence-corrected chi connectivity index (χ3v) is 5.00. The van der Waals surface area contributed by atoms with E-state index in [1.165, 1.54) is 11.3 Å². The molecule has 0 bridgehead atoms. The molecule has 3 nitrogen and oxygen atoms in total. The van der Waals surface area contributed by atoms with Gasteiger partial charge in [0.2, 0.25) is 5.91 Å². The highest BCUT2D eigenvalue weighted by molar-refractivity contribution is 7.22. The molecule has 4 heteroatoms. The lowest BCUT2D eigenvalue weighted by Gasteiger charge is -2.16. The number of nitrogens with one attached hydrogen (secondary N) is 1. The first-order valence-electron chi connectivity index (χ1n) is 8.07. The van der Waals surface area contributed by atoms with Gasteiger partial charge >= 0.3 is 0 Å². The molecule has 1 amide bonds. The molecule has 0 saturated carbocycles. The molecule has 122 valence electrons. The van der Waals surface area contributed by atoms with Gasteiger partial charge in [0.15, 0.2) is 5.13 Å². The van der Waals surface area contributed by atoms with Crippen molar-refractivity contribution >= 4 is 32.6 Å². The third kappa shape index (κ3) is 3.30. The Hall–Kier alpha value is -2.98. The van der Waals surface area contributed by atoms with Gasteiger partial charge in [-0.3, -0.25) is 4.79 Å². The fourth-order valence-corrected chi connectivity index (χ4v) is 3.76. The Bertz CT molecular complexity index is 924. The fourth-order valence-electron chi connectivity index (χ4n) is 2.89.